The van der Waals surface area contributed by atoms with E-state index in [2.05, 4.69) is 0 Å². The molecule has 1 saturated heterocycles. The third-order valence-electron chi connectivity index (χ3n) is 5.27. The number of hydrogen-bond donors (Lipinski definition) is 0. The number of benzene rings is 2. The monoisotopic (exact) mass is 468 g/mol. The number of carbonyl (C=O) groups excluding carboxylic acids is 1. The van der Waals surface area contributed by atoms with Crippen molar-refractivity contribution in [3.05, 3.63) is 64.1 Å². The SMILES string of the molecule is O=C(CN(CCc1ccccc1)S(=O)(=O)c1cc(Cl)ccc1Cl)N1CCCCCC1. The summed E-state index contributed by atoms with van der Waals surface area (Å²) in [6.07, 6.45) is 4.58. The van der Waals surface area contributed by atoms with Crippen molar-refractivity contribution in [3.63, 3.8) is 0 Å². The topological polar surface area (TPSA) is 57.7 Å². The molecule has 5 nitrogen and oxygen atoms in total. The number of halogens is 2. The zero-order chi connectivity index (χ0) is 21.6. The minimum Gasteiger partial charge on any atom is -0.342 e. The van der Waals surface area contributed by atoms with Crippen molar-refractivity contribution in [2.45, 2.75) is 37.0 Å². The van der Waals surface area contributed by atoms with Gasteiger partial charge in [-0.05, 0) is 43.0 Å². The summed E-state index contributed by atoms with van der Waals surface area (Å²) in [5.41, 5.74) is 0.997. The van der Waals surface area contributed by atoms with E-state index in [4.69, 9.17) is 23.2 Å². The van der Waals surface area contributed by atoms with Gasteiger partial charge in [0.1, 0.15) is 4.90 Å². The van der Waals surface area contributed by atoms with E-state index in [-0.39, 0.29) is 33.9 Å². The first-order valence-electron chi connectivity index (χ1n) is 10.1. The summed E-state index contributed by atoms with van der Waals surface area (Å²) in [6.45, 7) is 1.30. The third-order valence-corrected chi connectivity index (χ3v) is 7.84. The molecule has 2 aromatic rings. The van der Waals surface area contributed by atoms with Gasteiger partial charge in [-0.15, -0.1) is 0 Å². The van der Waals surface area contributed by atoms with E-state index in [0.29, 0.717) is 19.5 Å². The molecule has 1 aliphatic heterocycles. The van der Waals surface area contributed by atoms with E-state index in [1.165, 1.54) is 16.4 Å². The van der Waals surface area contributed by atoms with E-state index in [0.717, 1.165) is 31.2 Å². The fraction of sp³-hybridized carbons (Fsp3) is 0.409. The first-order valence-corrected chi connectivity index (χ1v) is 12.3. The van der Waals surface area contributed by atoms with Crippen LogP contribution in [0, 0.1) is 0 Å². The number of sulfonamides is 1. The van der Waals surface area contributed by atoms with Crippen LogP contribution in [0.1, 0.15) is 31.2 Å². The van der Waals surface area contributed by atoms with Crippen molar-refractivity contribution >= 4 is 39.1 Å². The van der Waals surface area contributed by atoms with Gasteiger partial charge in [0.05, 0.1) is 11.6 Å². The molecule has 30 heavy (non-hydrogen) atoms. The number of amides is 1. The molecular weight excluding hydrogens is 443 g/mol. The van der Waals surface area contributed by atoms with E-state index >= 15 is 0 Å². The van der Waals surface area contributed by atoms with Crippen LogP contribution in [0.5, 0.6) is 0 Å². The lowest BCUT2D eigenvalue weighted by molar-refractivity contribution is -0.131. The molecule has 0 atom stereocenters. The molecule has 3 rings (SSSR count). The summed E-state index contributed by atoms with van der Waals surface area (Å²) >= 11 is 12.2. The standard InChI is InChI=1S/C22H26Cl2N2O3S/c23-19-10-11-20(24)21(16-19)30(28,29)26(15-12-18-8-4-3-5-9-18)17-22(27)25-13-6-1-2-7-14-25/h3-5,8-11,16H,1-2,6-7,12-15,17H2. The van der Waals surface area contributed by atoms with Gasteiger partial charge in [0.2, 0.25) is 15.9 Å². The number of rotatable bonds is 7. The Bertz CT molecular complexity index is 960. The highest BCUT2D eigenvalue weighted by molar-refractivity contribution is 7.89. The maximum absolute atomic E-state index is 13.4. The van der Waals surface area contributed by atoms with Crippen LogP contribution >= 0.6 is 23.2 Å². The Morgan fingerprint density at radius 3 is 2.30 bits per heavy atom. The highest BCUT2D eigenvalue weighted by Crippen LogP contribution is 2.28. The molecule has 0 unspecified atom stereocenters. The molecule has 1 fully saturated rings. The number of likely N-dealkylation sites (tertiary alicyclic amines) is 1. The summed E-state index contributed by atoms with van der Waals surface area (Å²) in [7, 11) is -4.00. The van der Waals surface area contributed by atoms with Gasteiger partial charge in [-0.25, -0.2) is 8.42 Å². The Kier molecular flexibility index (Phi) is 8.17. The summed E-state index contributed by atoms with van der Waals surface area (Å²) in [6, 6.07) is 13.9. The summed E-state index contributed by atoms with van der Waals surface area (Å²) < 4.78 is 28.1. The quantitative estimate of drug-likeness (QED) is 0.594. The van der Waals surface area contributed by atoms with E-state index in [1.54, 1.807) is 11.0 Å². The molecule has 0 aromatic heterocycles. The average molecular weight is 469 g/mol. The zero-order valence-electron chi connectivity index (χ0n) is 16.8. The Labute approximate surface area is 188 Å². The van der Waals surface area contributed by atoms with Gasteiger partial charge in [-0.3, -0.25) is 4.79 Å². The lowest BCUT2D eigenvalue weighted by atomic mass is 10.1. The molecule has 0 bridgehead atoms. The predicted molar refractivity (Wildman–Crippen MR) is 120 cm³/mol. The summed E-state index contributed by atoms with van der Waals surface area (Å²) in [4.78, 5) is 14.7. The fourth-order valence-electron chi connectivity index (χ4n) is 3.57. The molecule has 2 aromatic carbocycles. The van der Waals surface area contributed by atoms with Gasteiger partial charge in [-0.1, -0.05) is 66.4 Å². The highest BCUT2D eigenvalue weighted by Gasteiger charge is 2.30. The Hall–Kier alpha value is -1.60. The first kappa shape index (κ1) is 23.1. The number of carbonyl (C=O) groups is 1. The Morgan fingerprint density at radius 1 is 0.967 bits per heavy atom. The highest BCUT2D eigenvalue weighted by atomic mass is 35.5. The lowest BCUT2D eigenvalue weighted by Gasteiger charge is -2.26. The smallest absolute Gasteiger partial charge is 0.245 e. The minimum atomic E-state index is -4.00. The minimum absolute atomic E-state index is 0.0756. The molecule has 0 spiro atoms. The van der Waals surface area contributed by atoms with Crippen LogP contribution in [-0.2, 0) is 21.2 Å². The molecule has 1 aliphatic rings. The van der Waals surface area contributed by atoms with Gasteiger partial charge < -0.3 is 4.90 Å². The maximum Gasteiger partial charge on any atom is 0.245 e. The largest absolute Gasteiger partial charge is 0.342 e. The summed E-state index contributed by atoms with van der Waals surface area (Å²) in [5, 5.41) is 0.367. The zero-order valence-corrected chi connectivity index (χ0v) is 19.1. The van der Waals surface area contributed by atoms with Crippen LogP contribution in [0.25, 0.3) is 0 Å². The molecule has 0 N–H and O–H groups in total. The van der Waals surface area contributed by atoms with Gasteiger partial charge >= 0.3 is 0 Å². The first-order chi connectivity index (χ1) is 14.4. The molecule has 0 aliphatic carbocycles. The molecule has 0 radical (unpaired) electrons. The maximum atomic E-state index is 13.4. The molecule has 8 heteroatoms. The number of nitrogens with zero attached hydrogens (tertiary/aromatic N) is 2. The molecular formula is C22H26Cl2N2O3S. The second kappa shape index (κ2) is 10.6. The second-order valence-electron chi connectivity index (χ2n) is 7.44. The van der Waals surface area contributed by atoms with Crippen LogP contribution in [0.4, 0.5) is 0 Å². The van der Waals surface area contributed by atoms with Gasteiger partial charge in [0.25, 0.3) is 0 Å². The average Bonchev–Trinajstić information content (AvgIpc) is 3.03. The van der Waals surface area contributed by atoms with Crippen LogP contribution < -0.4 is 0 Å². The second-order valence-corrected chi connectivity index (χ2v) is 10.2. The molecule has 1 heterocycles. The van der Waals surface area contributed by atoms with Gasteiger partial charge in [-0.2, -0.15) is 4.31 Å². The normalized spacial score (nSPS) is 15.2. The van der Waals surface area contributed by atoms with Crippen LogP contribution in [0.15, 0.2) is 53.4 Å². The van der Waals surface area contributed by atoms with Crippen LogP contribution in [0.2, 0.25) is 10.0 Å². The molecule has 162 valence electrons. The number of hydrogen-bond acceptors (Lipinski definition) is 3. The summed E-state index contributed by atoms with van der Waals surface area (Å²) in [5.74, 6) is -0.174. The fourth-order valence-corrected chi connectivity index (χ4v) is 5.70. The lowest BCUT2D eigenvalue weighted by Crippen LogP contribution is -2.44. The molecule has 1 amide bonds. The van der Waals surface area contributed by atoms with Gasteiger partial charge in [0.15, 0.2) is 0 Å². The van der Waals surface area contributed by atoms with Crippen molar-refractivity contribution in [3.8, 4) is 0 Å². The van der Waals surface area contributed by atoms with E-state index < -0.39 is 10.0 Å². The van der Waals surface area contributed by atoms with Crippen molar-refractivity contribution in [2.24, 2.45) is 0 Å². The Morgan fingerprint density at radius 2 is 1.63 bits per heavy atom. The van der Waals surface area contributed by atoms with Gasteiger partial charge in [0, 0.05) is 24.7 Å². The van der Waals surface area contributed by atoms with Crippen LogP contribution in [-0.4, -0.2) is 49.7 Å². The van der Waals surface area contributed by atoms with Crippen molar-refractivity contribution in [1.29, 1.82) is 0 Å². The van der Waals surface area contributed by atoms with E-state index in [1.807, 2.05) is 30.3 Å². The van der Waals surface area contributed by atoms with Crippen molar-refractivity contribution in [2.75, 3.05) is 26.2 Å². The van der Waals surface area contributed by atoms with Crippen LogP contribution in [0.3, 0.4) is 0 Å². The molecule has 0 saturated carbocycles. The third kappa shape index (κ3) is 5.97. The van der Waals surface area contributed by atoms with Crippen molar-refractivity contribution in [1.82, 2.24) is 9.21 Å². The predicted octanol–water partition coefficient (Wildman–Crippen LogP) is 4.63. The van der Waals surface area contributed by atoms with E-state index in [9.17, 15) is 13.2 Å². The van der Waals surface area contributed by atoms with Crippen molar-refractivity contribution < 1.29 is 13.2 Å². The Balaban J connectivity index is 1.85.